The topological polar surface area (TPSA) is 17.8 Å². The molecule has 2 heterocycles. The molecular formula is C26H18N2. The van der Waals surface area contributed by atoms with E-state index in [2.05, 4.69) is 94.6 Å². The zero-order valence-corrected chi connectivity index (χ0v) is 15.3. The van der Waals surface area contributed by atoms with Crippen molar-refractivity contribution in [1.29, 1.82) is 0 Å². The first-order valence-electron chi connectivity index (χ1n) is 9.61. The Bertz CT molecular complexity index is 1330. The van der Waals surface area contributed by atoms with Gasteiger partial charge in [-0.25, -0.2) is 0 Å². The van der Waals surface area contributed by atoms with Crippen LogP contribution < -0.4 is 0 Å². The fraction of sp³-hybridized carbons (Fsp3) is 0.0385. The number of rotatable bonds is 2. The predicted molar refractivity (Wildman–Crippen MR) is 115 cm³/mol. The largest absolute Gasteiger partial charge is 0.316 e. The van der Waals surface area contributed by atoms with Crippen LogP contribution in [0.5, 0.6) is 0 Å². The van der Waals surface area contributed by atoms with Crippen LogP contribution in [0.25, 0.3) is 39.0 Å². The highest BCUT2D eigenvalue weighted by Crippen LogP contribution is 2.40. The first-order chi connectivity index (χ1) is 13.9. The molecule has 2 nitrogen and oxygen atoms in total. The van der Waals surface area contributed by atoms with Gasteiger partial charge in [0.1, 0.15) is 0 Å². The number of hydrogen-bond donors (Lipinski definition) is 0. The second-order valence-electron chi connectivity index (χ2n) is 7.32. The Morgan fingerprint density at radius 2 is 1.64 bits per heavy atom. The SMILES string of the molecule is c1ccc(-c2cccc(-n3ccc4ccc5c(c43)Cc3cccnc3-5)c2)cc1. The lowest BCUT2D eigenvalue weighted by molar-refractivity contribution is 1.11. The van der Waals surface area contributed by atoms with E-state index in [1.165, 1.54) is 44.4 Å². The quantitative estimate of drug-likeness (QED) is 0.357. The molecule has 0 spiro atoms. The molecular weight excluding hydrogens is 340 g/mol. The van der Waals surface area contributed by atoms with Crippen molar-refractivity contribution in [3.05, 3.63) is 108 Å². The summed E-state index contributed by atoms with van der Waals surface area (Å²) in [5.74, 6) is 0. The first-order valence-corrected chi connectivity index (χ1v) is 9.61. The molecule has 0 saturated carbocycles. The van der Waals surface area contributed by atoms with Gasteiger partial charge in [-0.05, 0) is 46.5 Å². The van der Waals surface area contributed by atoms with E-state index in [-0.39, 0.29) is 0 Å². The third-order valence-electron chi connectivity index (χ3n) is 5.70. The van der Waals surface area contributed by atoms with E-state index in [1.54, 1.807) is 0 Å². The van der Waals surface area contributed by atoms with E-state index in [9.17, 15) is 0 Å². The third kappa shape index (κ3) is 2.25. The summed E-state index contributed by atoms with van der Waals surface area (Å²) >= 11 is 0. The van der Waals surface area contributed by atoms with Crippen LogP contribution >= 0.6 is 0 Å². The number of aromatic nitrogens is 2. The van der Waals surface area contributed by atoms with E-state index in [0.29, 0.717) is 0 Å². The molecule has 0 aliphatic heterocycles. The second-order valence-corrected chi connectivity index (χ2v) is 7.32. The lowest BCUT2D eigenvalue weighted by atomic mass is 10.0. The highest BCUT2D eigenvalue weighted by Gasteiger charge is 2.23. The zero-order chi connectivity index (χ0) is 18.5. The van der Waals surface area contributed by atoms with Crippen molar-refractivity contribution in [1.82, 2.24) is 9.55 Å². The number of benzene rings is 3. The van der Waals surface area contributed by atoms with Crippen molar-refractivity contribution in [2.75, 3.05) is 0 Å². The van der Waals surface area contributed by atoms with Crippen LogP contribution in [0.2, 0.25) is 0 Å². The molecule has 2 aromatic heterocycles. The van der Waals surface area contributed by atoms with Crippen molar-refractivity contribution >= 4 is 10.9 Å². The summed E-state index contributed by atoms with van der Waals surface area (Å²) < 4.78 is 2.33. The summed E-state index contributed by atoms with van der Waals surface area (Å²) in [6.07, 6.45) is 5.02. The molecule has 0 atom stereocenters. The van der Waals surface area contributed by atoms with Gasteiger partial charge < -0.3 is 4.57 Å². The van der Waals surface area contributed by atoms with Gasteiger partial charge in [0.15, 0.2) is 0 Å². The second kappa shape index (κ2) is 5.93. The van der Waals surface area contributed by atoms with E-state index in [0.717, 1.165) is 12.1 Å². The molecule has 2 heteroatoms. The normalized spacial score (nSPS) is 12.1. The van der Waals surface area contributed by atoms with Crippen molar-refractivity contribution in [2.45, 2.75) is 6.42 Å². The van der Waals surface area contributed by atoms with Gasteiger partial charge in [0, 0.05) is 35.5 Å². The van der Waals surface area contributed by atoms with E-state index in [1.807, 2.05) is 12.3 Å². The Kier molecular flexibility index (Phi) is 3.26. The van der Waals surface area contributed by atoms with Crippen LogP contribution in [0, 0.1) is 0 Å². The standard InChI is InChI=1S/C26H18N2/c1-2-6-18(7-3-1)20-8-4-10-22(16-20)28-15-13-19-11-12-23-24(26(19)28)17-21-9-5-14-27-25(21)23/h1-16H,17H2. The lowest BCUT2D eigenvalue weighted by Gasteiger charge is -2.11. The third-order valence-corrected chi connectivity index (χ3v) is 5.70. The van der Waals surface area contributed by atoms with Crippen molar-refractivity contribution in [3.8, 4) is 28.1 Å². The highest BCUT2D eigenvalue weighted by atomic mass is 15.0. The van der Waals surface area contributed by atoms with Crippen LogP contribution in [0.1, 0.15) is 11.1 Å². The monoisotopic (exact) mass is 358 g/mol. The van der Waals surface area contributed by atoms with Gasteiger partial charge in [-0.3, -0.25) is 4.98 Å². The van der Waals surface area contributed by atoms with Crippen molar-refractivity contribution in [2.24, 2.45) is 0 Å². The van der Waals surface area contributed by atoms with Gasteiger partial charge in [0.25, 0.3) is 0 Å². The average molecular weight is 358 g/mol. The zero-order valence-electron chi connectivity index (χ0n) is 15.3. The molecule has 5 aromatic rings. The molecule has 3 aromatic carbocycles. The van der Waals surface area contributed by atoms with Gasteiger partial charge in [-0.2, -0.15) is 0 Å². The summed E-state index contributed by atoms with van der Waals surface area (Å²) in [5, 5.41) is 1.27. The van der Waals surface area contributed by atoms with Crippen molar-refractivity contribution < 1.29 is 0 Å². The predicted octanol–water partition coefficient (Wildman–Crippen LogP) is 6.26. The van der Waals surface area contributed by atoms with Gasteiger partial charge in [0.05, 0.1) is 11.2 Å². The van der Waals surface area contributed by atoms with Crippen molar-refractivity contribution in [3.63, 3.8) is 0 Å². The van der Waals surface area contributed by atoms with Crippen LogP contribution in [0.4, 0.5) is 0 Å². The molecule has 1 aliphatic rings. The van der Waals surface area contributed by atoms with E-state index < -0.39 is 0 Å². The number of pyridine rings is 1. The Morgan fingerprint density at radius 3 is 2.57 bits per heavy atom. The Balaban J connectivity index is 1.56. The molecule has 1 aliphatic carbocycles. The lowest BCUT2D eigenvalue weighted by Crippen LogP contribution is -1.96. The average Bonchev–Trinajstić information content (AvgIpc) is 3.36. The molecule has 6 rings (SSSR count). The minimum absolute atomic E-state index is 0.943. The molecule has 0 fully saturated rings. The maximum atomic E-state index is 4.64. The fourth-order valence-electron chi connectivity index (χ4n) is 4.40. The van der Waals surface area contributed by atoms with Gasteiger partial charge in [0.2, 0.25) is 0 Å². The Hall–Kier alpha value is -3.65. The fourth-order valence-corrected chi connectivity index (χ4v) is 4.40. The molecule has 0 radical (unpaired) electrons. The molecule has 0 amide bonds. The van der Waals surface area contributed by atoms with Gasteiger partial charge >= 0.3 is 0 Å². The Labute approximate surface area is 163 Å². The molecule has 0 saturated heterocycles. The molecule has 0 bridgehead atoms. The smallest absolute Gasteiger partial charge is 0.0740 e. The number of fused-ring (bicyclic) bond motifs is 5. The summed E-state index contributed by atoms with van der Waals surface area (Å²) in [6.45, 7) is 0. The molecule has 0 unspecified atom stereocenters. The maximum Gasteiger partial charge on any atom is 0.0740 e. The summed E-state index contributed by atoms with van der Waals surface area (Å²) in [7, 11) is 0. The van der Waals surface area contributed by atoms with Gasteiger partial charge in [-0.15, -0.1) is 0 Å². The van der Waals surface area contributed by atoms with Gasteiger partial charge in [-0.1, -0.05) is 60.7 Å². The highest BCUT2D eigenvalue weighted by molar-refractivity contribution is 5.93. The van der Waals surface area contributed by atoms with Crippen LogP contribution in [-0.4, -0.2) is 9.55 Å². The van der Waals surface area contributed by atoms with Crippen LogP contribution in [-0.2, 0) is 6.42 Å². The Morgan fingerprint density at radius 1 is 0.750 bits per heavy atom. The minimum Gasteiger partial charge on any atom is -0.316 e. The van der Waals surface area contributed by atoms with E-state index >= 15 is 0 Å². The summed E-state index contributed by atoms with van der Waals surface area (Å²) in [4.78, 5) is 4.64. The number of nitrogens with zero attached hydrogens (tertiary/aromatic N) is 2. The van der Waals surface area contributed by atoms with E-state index in [4.69, 9.17) is 0 Å². The van der Waals surface area contributed by atoms with Crippen LogP contribution in [0.3, 0.4) is 0 Å². The molecule has 28 heavy (non-hydrogen) atoms. The number of hydrogen-bond acceptors (Lipinski definition) is 1. The minimum atomic E-state index is 0.943. The molecule has 0 N–H and O–H groups in total. The summed E-state index contributed by atoms with van der Waals surface area (Å²) in [5.41, 5.74) is 10.0. The summed E-state index contributed by atoms with van der Waals surface area (Å²) in [6, 6.07) is 30.2. The maximum absolute atomic E-state index is 4.64. The molecule has 132 valence electrons. The first kappa shape index (κ1) is 15.4. The van der Waals surface area contributed by atoms with Crippen LogP contribution in [0.15, 0.2) is 97.3 Å².